The molecule has 7 heteroatoms. The first-order valence-corrected chi connectivity index (χ1v) is 8.35. The first-order valence-electron chi connectivity index (χ1n) is 7.47. The summed E-state index contributed by atoms with van der Waals surface area (Å²) in [5.74, 6) is 0.437. The molecule has 24 heavy (non-hydrogen) atoms. The molecule has 0 spiro atoms. The summed E-state index contributed by atoms with van der Waals surface area (Å²) < 4.78 is 1.68. The lowest BCUT2D eigenvalue weighted by atomic mass is 10.1. The zero-order valence-corrected chi connectivity index (χ0v) is 14.0. The lowest BCUT2D eigenvalue weighted by Crippen LogP contribution is -2.40. The van der Waals surface area contributed by atoms with Crippen molar-refractivity contribution in [2.24, 2.45) is 0 Å². The molecule has 0 unspecified atom stereocenters. The molecule has 3 N–H and O–H groups in total. The van der Waals surface area contributed by atoms with Crippen molar-refractivity contribution >= 4 is 23.2 Å². The van der Waals surface area contributed by atoms with Crippen LogP contribution in [0.15, 0.2) is 60.1 Å². The number of nitrogens with zero attached hydrogens (tertiary/aromatic N) is 2. The number of aliphatic hydroxyl groups is 1. The van der Waals surface area contributed by atoms with Crippen LogP contribution in [0.1, 0.15) is 11.8 Å². The van der Waals surface area contributed by atoms with Crippen LogP contribution in [0, 0.1) is 0 Å². The predicted octanol–water partition coefficient (Wildman–Crippen LogP) is 2.96. The van der Waals surface area contributed by atoms with E-state index in [0.717, 1.165) is 10.6 Å². The summed E-state index contributed by atoms with van der Waals surface area (Å²) >= 11 is 1.45. The van der Waals surface area contributed by atoms with E-state index in [2.05, 4.69) is 15.7 Å². The molecule has 0 bridgehead atoms. The Morgan fingerprint density at radius 2 is 2.04 bits per heavy atom. The van der Waals surface area contributed by atoms with E-state index in [0.29, 0.717) is 5.82 Å². The predicted molar refractivity (Wildman–Crippen MR) is 94.5 cm³/mol. The fraction of sp³-hybridized carbons (Fsp3) is 0.176. The number of benzene rings is 1. The molecule has 0 saturated carbocycles. The number of nitrogens with one attached hydrogen (secondary N) is 2. The number of hydrogen-bond acceptors (Lipinski definition) is 4. The Hall–Kier alpha value is -2.64. The lowest BCUT2D eigenvalue weighted by molar-refractivity contribution is 0.0637. The first-order chi connectivity index (χ1) is 11.5. The topological polar surface area (TPSA) is 79.2 Å². The quantitative estimate of drug-likeness (QED) is 0.667. The largest absolute Gasteiger partial charge is 0.383 e. The Balaban J connectivity index is 1.57. The van der Waals surface area contributed by atoms with E-state index in [1.807, 2.05) is 47.8 Å². The van der Waals surface area contributed by atoms with Crippen LogP contribution in [0.25, 0.3) is 5.69 Å². The summed E-state index contributed by atoms with van der Waals surface area (Å²) in [6.07, 6.45) is 1.77. The first kappa shape index (κ1) is 16.2. The van der Waals surface area contributed by atoms with E-state index in [1.165, 1.54) is 11.3 Å². The van der Waals surface area contributed by atoms with Gasteiger partial charge in [0.05, 0.1) is 12.2 Å². The third-order valence-electron chi connectivity index (χ3n) is 3.50. The smallest absolute Gasteiger partial charge is 0.320 e. The van der Waals surface area contributed by atoms with E-state index in [1.54, 1.807) is 23.9 Å². The number of carbonyl (C=O) groups excluding carboxylic acids is 1. The molecule has 1 aromatic carbocycles. The summed E-state index contributed by atoms with van der Waals surface area (Å²) in [7, 11) is 0. The number of amides is 2. The van der Waals surface area contributed by atoms with Gasteiger partial charge in [0.1, 0.15) is 5.60 Å². The minimum atomic E-state index is -1.10. The number of hydrogen-bond donors (Lipinski definition) is 3. The molecule has 0 radical (unpaired) electrons. The van der Waals surface area contributed by atoms with Crippen LogP contribution in [0.2, 0.25) is 0 Å². The standard InChI is InChI=1S/C17H18N4O2S/c1-17(23,14-8-5-11-24-14)12-18-16(22)19-15-9-10-21(20-15)13-6-3-2-4-7-13/h2-11,23H,12H2,1H3,(H2,18,19,20,22)/t17-/m0/s1. The number of aromatic nitrogens is 2. The van der Waals surface area contributed by atoms with Crippen LogP contribution in [0.3, 0.4) is 0 Å². The second-order valence-electron chi connectivity index (χ2n) is 5.54. The molecule has 0 saturated heterocycles. The molecular formula is C17H18N4O2S. The number of urea groups is 1. The molecular weight excluding hydrogens is 324 g/mol. The minimum Gasteiger partial charge on any atom is -0.383 e. The van der Waals surface area contributed by atoms with Crippen LogP contribution in [-0.4, -0.2) is 27.5 Å². The van der Waals surface area contributed by atoms with Gasteiger partial charge in [-0.15, -0.1) is 16.4 Å². The average Bonchev–Trinajstić information content (AvgIpc) is 3.26. The maximum atomic E-state index is 12.0. The molecule has 1 atom stereocenters. The van der Waals surface area contributed by atoms with Crippen LogP contribution in [-0.2, 0) is 5.60 Å². The Labute approximate surface area is 143 Å². The summed E-state index contributed by atoms with van der Waals surface area (Å²) in [5.41, 5.74) is -0.193. The molecule has 2 amide bonds. The molecule has 124 valence electrons. The van der Waals surface area contributed by atoms with Gasteiger partial charge in [0.15, 0.2) is 5.82 Å². The monoisotopic (exact) mass is 342 g/mol. The van der Waals surface area contributed by atoms with Gasteiger partial charge in [0, 0.05) is 17.1 Å². The Kier molecular flexibility index (Phi) is 4.64. The van der Waals surface area contributed by atoms with Crippen molar-refractivity contribution in [3.8, 4) is 5.69 Å². The van der Waals surface area contributed by atoms with E-state index >= 15 is 0 Å². The second kappa shape index (κ2) is 6.86. The highest BCUT2D eigenvalue weighted by atomic mass is 32.1. The third kappa shape index (κ3) is 3.81. The van der Waals surface area contributed by atoms with Gasteiger partial charge in [-0.3, -0.25) is 5.32 Å². The van der Waals surface area contributed by atoms with Crippen molar-refractivity contribution < 1.29 is 9.90 Å². The molecule has 2 aromatic heterocycles. The molecule has 0 fully saturated rings. The van der Waals surface area contributed by atoms with Gasteiger partial charge >= 0.3 is 6.03 Å². The molecule has 0 aliphatic carbocycles. The Morgan fingerprint density at radius 3 is 2.75 bits per heavy atom. The number of anilines is 1. The highest BCUT2D eigenvalue weighted by Crippen LogP contribution is 2.24. The lowest BCUT2D eigenvalue weighted by Gasteiger charge is -2.22. The highest BCUT2D eigenvalue weighted by Gasteiger charge is 2.24. The second-order valence-corrected chi connectivity index (χ2v) is 6.49. The summed E-state index contributed by atoms with van der Waals surface area (Å²) in [6, 6.07) is 14.6. The normalized spacial score (nSPS) is 13.2. The van der Waals surface area contributed by atoms with Crippen LogP contribution < -0.4 is 10.6 Å². The minimum absolute atomic E-state index is 0.110. The van der Waals surface area contributed by atoms with Crippen molar-refractivity contribution in [3.63, 3.8) is 0 Å². The highest BCUT2D eigenvalue weighted by molar-refractivity contribution is 7.10. The fourth-order valence-electron chi connectivity index (χ4n) is 2.20. The third-order valence-corrected chi connectivity index (χ3v) is 4.62. The van der Waals surface area contributed by atoms with Gasteiger partial charge in [-0.05, 0) is 30.5 Å². The molecule has 0 aliphatic rings. The summed E-state index contributed by atoms with van der Waals surface area (Å²) in [6.45, 7) is 1.78. The zero-order valence-electron chi connectivity index (χ0n) is 13.1. The van der Waals surface area contributed by atoms with Crippen molar-refractivity contribution in [2.45, 2.75) is 12.5 Å². The van der Waals surface area contributed by atoms with Gasteiger partial charge in [-0.2, -0.15) is 0 Å². The molecule has 0 aliphatic heterocycles. The molecule has 3 rings (SSSR count). The maximum absolute atomic E-state index is 12.0. The SMILES string of the molecule is C[C@](O)(CNC(=O)Nc1ccn(-c2ccccc2)n1)c1cccs1. The number of carbonyl (C=O) groups is 1. The maximum Gasteiger partial charge on any atom is 0.320 e. The van der Waals surface area contributed by atoms with Crippen molar-refractivity contribution in [3.05, 3.63) is 65.0 Å². The summed E-state index contributed by atoms with van der Waals surface area (Å²) in [4.78, 5) is 12.8. The zero-order chi connectivity index (χ0) is 17.0. The average molecular weight is 342 g/mol. The number of thiophene rings is 1. The van der Waals surface area contributed by atoms with Gasteiger partial charge in [-0.1, -0.05) is 24.3 Å². The van der Waals surface area contributed by atoms with E-state index in [-0.39, 0.29) is 6.54 Å². The molecule has 6 nitrogen and oxygen atoms in total. The Morgan fingerprint density at radius 1 is 1.25 bits per heavy atom. The number of para-hydroxylation sites is 1. The fourth-order valence-corrected chi connectivity index (χ4v) is 2.99. The van der Waals surface area contributed by atoms with Crippen LogP contribution in [0.4, 0.5) is 10.6 Å². The van der Waals surface area contributed by atoms with Crippen LogP contribution >= 0.6 is 11.3 Å². The Bertz CT molecular complexity index is 797. The van der Waals surface area contributed by atoms with Crippen molar-refractivity contribution in [2.75, 3.05) is 11.9 Å². The summed E-state index contributed by atoms with van der Waals surface area (Å²) in [5, 5.41) is 21.9. The molecule has 3 aromatic rings. The van der Waals surface area contributed by atoms with E-state index < -0.39 is 11.6 Å². The van der Waals surface area contributed by atoms with Crippen molar-refractivity contribution in [1.29, 1.82) is 0 Å². The van der Waals surface area contributed by atoms with Gasteiger partial charge in [-0.25, -0.2) is 9.48 Å². The van der Waals surface area contributed by atoms with Crippen LogP contribution in [0.5, 0.6) is 0 Å². The van der Waals surface area contributed by atoms with Gasteiger partial charge < -0.3 is 10.4 Å². The molecule has 2 heterocycles. The van der Waals surface area contributed by atoms with E-state index in [4.69, 9.17) is 0 Å². The van der Waals surface area contributed by atoms with Gasteiger partial charge in [0.25, 0.3) is 0 Å². The number of rotatable bonds is 5. The van der Waals surface area contributed by atoms with E-state index in [9.17, 15) is 9.90 Å². The van der Waals surface area contributed by atoms with Gasteiger partial charge in [0.2, 0.25) is 0 Å². The van der Waals surface area contributed by atoms with Crippen molar-refractivity contribution in [1.82, 2.24) is 15.1 Å².